The van der Waals surface area contributed by atoms with Crippen LogP contribution < -0.4 is 0 Å². The Hall–Kier alpha value is -1.68. The van der Waals surface area contributed by atoms with Gasteiger partial charge in [0.25, 0.3) is 0 Å². The van der Waals surface area contributed by atoms with Gasteiger partial charge in [-0.05, 0) is 38.7 Å². The number of hydrogen-bond acceptors (Lipinski definition) is 2. The molecule has 0 aromatic heterocycles. The van der Waals surface area contributed by atoms with Gasteiger partial charge < -0.3 is 9.64 Å². The standard InChI is InChI=1S/C25H41F2NO/c1-9-14-20(4)18-22(6)23(7)28(24(11-3)15-10-2)19-21(5)16-12-13-17-29-25(8,26)27/h12-13,16,18,24H,6-7,9-11,14-15,17,19H2,1-5,8H3/b13-12-,20-18-,21-16+. The molecule has 0 aliphatic rings. The summed E-state index contributed by atoms with van der Waals surface area (Å²) in [6, 6.07) is 0.388. The first-order valence-corrected chi connectivity index (χ1v) is 10.7. The van der Waals surface area contributed by atoms with Crippen molar-refractivity contribution in [1.29, 1.82) is 0 Å². The van der Waals surface area contributed by atoms with Gasteiger partial charge in [-0.2, -0.15) is 8.78 Å². The number of alkyl halides is 2. The quantitative estimate of drug-likeness (QED) is 0.256. The van der Waals surface area contributed by atoms with Crippen molar-refractivity contribution in [3.05, 3.63) is 59.9 Å². The smallest absolute Gasteiger partial charge is 0.353 e. The van der Waals surface area contributed by atoms with Crippen LogP contribution in [0.3, 0.4) is 0 Å². The molecule has 0 spiro atoms. The molecule has 1 unspecified atom stereocenters. The third-order valence-corrected chi connectivity index (χ3v) is 4.69. The van der Waals surface area contributed by atoms with E-state index in [0.717, 1.165) is 62.4 Å². The first-order valence-electron chi connectivity index (χ1n) is 10.7. The molecule has 0 aliphatic carbocycles. The lowest BCUT2D eigenvalue weighted by Gasteiger charge is -2.35. The summed E-state index contributed by atoms with van der Waals surface area (Å²) in [5.74, 6) is 0. The number of nitrogens with zero attached hydrogens (tertiary/aromatic N) is 1. The Morgan fingerprint density at radius 2 is 1.76 bits per heavy atom. The molecule has 0 amide bonds. The maximum atomic E-state index is 12.7. The zero-order chi connectivity index (χ0) is 22.4. The second-order valence-corrected chi connectivity index (χ2v) is 7.75. The lowest BCUT2D eigenvalue weighted by Crippen LogP contribution is -2.35. The van der Waals surface area contributed by atoms with Gasteiger partial charge in [-0.1, -0.05) is 82.2 Å². The molecule has 2 nitrogen and oxygen atoms in total. The van der Waals surface area contributed by atoms with E-state index in [4.69, 9.17) is 0 Å². The molecule has 0 radical (unpaired) electrons. The Balaban J connectivity index is 5.29. The summed E-state index contributed by atoms with van der Waals surface area (Å²) >= 11 is 0. The molecular formula is C25H41F2NO. The number of ether oxygens (including phenoxy) is 1. The Morgan fingerprint density at radius 1 is 1.10 bits per heavy atom. The molecule has 0 saturated heterocycles. The molecule has 4 heteroatoms. The molecule has 1 atom stereocenters. The lowest BCUT2D eigenvalue weighted by molar-refractivity contribution is -0.216. The van der Waals surface area contributed by atoms with Crippen molar-refractivity contribution in [2.24, 2.45) is 0 Å². The highest BCUT2D eigenvalue weighted by atomic mass is 19.3. The normalized spacial score (nSPS) is 14.3. The average molecular weight is 410 g/mol. The first-order chi connectivity index (χ1) is 13.6. The third-order valence-electron chi connectivity index (χ3n) is 4.69. The van der Waals surface area contributed by atoms with E-state index in [9.17, 15) is 8.78 Å². The maximum Gasteiger partial charge on any atom is 0.353 e. The van der Waals surface area contributed by atoms with E-state index in [1.807, 2.05) is 13.0 Å². The van der Waals surface area contributed by atoms with Gasteiger partial charge >= 0.3 is 6.11 Å². The van der Waals surface area contributed by atoms with E-state index in [-0.39, 0.29) is 6.61 Å². The molecule has 0 fully saturated rings. The van der Waals surface area contributed by atoms with Crippen LogP contribution in [-0.2, 0) is 4.74 Å². The second-order valence-electron chi connectivity index (χ2n) is 7.75. The van der Waals surface area contributed by atoms with Crippen molar-refractivity contribution in [2.45, 2.75) is 85.8 Å². The summed E-state index contributed by atoms with van der Waals surface area (Å²) in [6.45, 7) is 20.7. The highest BCUT2D eigenvalue weighted by molar-refractivity contribution is 5.37. The number of allylic oxidation sites excluding steroid dienone is 4. The molecule has 0 aliphatic heterocycles. The highest BCUT2D eigenvalue weighted by Gasteiger charge is 2.20. The van der Waals surface area contributed by atoms with Crippen molar-refractivity contribution >= 4 is 0 Å². The Morgan fingerprint density at radius 3 is 2.28 bits per heavy atom. The third kappa shape index (κ3) is 12.5. The van der Waals surface area contributed by atoms with Crippen LogP contribution in [-0.4, -0.2) is 30.2 Å². The second kappa shape index (κ2) is 14.3. The zero-order valence-corrected chi connectivity index (χ0v) is 19.4. The van der Waals surface area contributed by atoms with E-state index in [0.29, 0.717) is 6.04 Å². The molecule has 0 N–H and O–H groups in total. The monoisotopic (exact) mass is 409 g/mol. The van der Waals surface area contributed by atoms with Crippen LogP contribution in [0, 0.1) is 0 Å². The van der Waals surface area contributed by atoms with Crippen molar-refractivity contribution < 1.29 is 13.5 Å². The van der Waals surface area contributed by atoms with Crippen molar-refractivity contribution in [3.8, 4) is 0 Å². The largest absolute Gasteiger partial charge is 0.365 e. The fourth-order valence-electron chi connectivity index (χ4n) is 3.19. The Kier molecular flexibility index (Phi) is 13.5. The molecule has 0 saturated carbocycles. The van der Waals surface area contributed by atoms with E-state index in [1.54, 1.807) is 12.2 Å². The van der Waals surface area contributed by atoms with E-state index < -0.39 is 6.11 Å². The molecule has 0 aromatic carbocycles. The summed E-state index contributed by atoms with van der Waals surface area (Å²) < 4.78 is 29.8. The SMILES string of the molecule is C=C(/C=C(/C)CCC)C(=C)N(C/C(C)=C/C=C\COC(C)(F)F)C(CC)CCC. The van der Waals surface area contributed by atoms with Crippen LogP contribution in [0.2, 0.25) is 0 Å². The Bertz CT molecular complexity index is 596. The summed E-state index contributed by atoms with van der Waals surface area (Å²) in [5.41, 5.74) is 4.34. The fourth-order valence-corrected chi connectivity index (χ4v) is 3.19. The highest BCUT2D eigenvalue weighted by Crippen LogP contribution is 2.24. The van der Waals surface area contributed by atoms with Gasteiger partial charge in [-0.25, -0.2) is 0 Å². The van der Waals surface area contributed by atoms with Gasteiger partial charge in [-0.3, -0.25) is 0 Å². The van der Waals surface area contributed by atoms with Gasteiger partial charge in [0, 0.05) is 25.2 Å². The van der Waals surface area contributed by atoms with Gasteiger partial charge in [0.05, 0.1) is 6.61 Å². The average Bonchev–Trinajstić information content (AvgIpc) is 2.62. The van der Waals surface area contributed by atoms with Crippen LogP contribution in [0.4, 0.5) is 8.78 Å². The lowest BCUT2D eigenvalue weighted by atomic mass is 10.0. The predicted octanol–water partition coefficient (Wildman–Crippen LogP) is 7.82. The molecular weight excluding hydrogens is 368 g/mol. The van der Waals surface area contributed by atoms with Crippen molar-refractivity contribution in [2.75, 3.05) is 13.2 Å². The molecule has 0 aromatic rings. The first kappa shape index (κ1) is 27.3. The number of halogens is 2. The topological polar surface area (TPSA) is 12.5 Å². The number of rotatable bonds is 15. The van der Waals surface area contributed by atoms with Crippen LogP contribution >= 0.6 is 0 Å². The molecule has 0 heterocycles. The van der Waals surface area contributed by atoms with Gasteiger partial charge in [0.15, 0.2) is 0 Å². The fraction of sp³-hybridized carbons (Fsp3) is 0.600. The van der Waals surface area contributed by atoms with Crippen LogP contribution in [0.1, 0.15) is 73.6 Å². The van der Waals surface area contributed by atoms with Gasteiger partial charge in [-0.15, -0.1) is 0 Å². The molecule has 0 bridgehead atoms. The summed E-state index contributed by atoms with van der Waals surface area (Å²) in [4.78, 5) is 2.33. The van der Waals surface area contributed by atoms with Crippen molar-refractivity contribution in [1.82, 2.24) is 4.90 Å². The summed E-state index contributed by atoms with van der Waals surface area (Å²) in [6.07, 6.45) is 9.73. The minimum absolute atomic E-state index is 0.116. The van der Waals surface area contributed by atoms with Crippen LogP contribution in [0.15, 0.2) is 59.9 Å². The maximum absolute atomic E-state index is 12.7. The predicted molar refractivity (Wildman–Crippen MR) is 122 cm³/mol. The molecule has 0 rings (SSSR count). The van der Waals surface area contributed by atoms with E-state index >= 15 is 0 Å². The minimum atomic E-state index is -3.10. The Labute approximate surface area is 177 Å². The van der Waals surface area contributed by atoms with E-state index in [1.165, 1.54) is 5.57 Å². The van der Waals surface area contributed by atoms with Gasteiger partial charge in [0.2, 0.25) is 0 Å². The molecule has 166 valence electrons. The summed E-state index contributed by atoms with van der Waals surface area (Å²) in [5, 5.41) is 0. The zero-order valence-electron chi connectivity index (χ0n) is 19.4. The minimum Gasteiger partial charge on any atom is -0.365 e. The molecule has 29 heavy (non-hydrogen) atoms. The van der Waals surface area contributed by atoms with Crippen molar-refractivity contribution in [3.63, 3.8) is 0 Å². The van der Waals surface area contributed by atoms with Gasteiger partial charge in [0.1, 0.15) is 0 Å². The summed E-state index contributed by atoms with van der Waals surface area (Å²) in [7, 11) is 0. The van der Waals surface area contributed by atoms with Crippen LogP contribution in [0.25, 0.3) is 0 Å². The van der Waals surface area contributed by atoms with E-state index in [2.05, 4.69) is 56.6 Å². The number of hydrogen-bond donors (Lipinski definition) is 0. The van der Waals surface area contributed by atoms with Crippen LogP contribution in [0.5, 0.6) is 0 Å².